The minimum Gasteiger partial charge on any atom is -0.0776 e. The van der Waals surface area contributed by atoms with Crippen LogP contribution in [0.5, 0.6) is 0 Å². The summed E-state index contributed by atoms with van der Waals surface area (Å²) in [5.41, 5.74) is 0. The van der Waals surface area contributed by atoms with Crippen molar-refractivity contribution in [2.75, 3.05) is 0 Å². The van der Waals surface area contributed by atoms with Crippen LogP contribution < -0.4 is 0 Å². The van der Waals surface area contributed by atoms with Gasteiger partial charge in [0.1, 0.15) is 0 Å². The third-order valence-corrected chi connectivity index (χ3v) is 0. The first kappa shape index (κ1) is 112. The summed E-state index contributed by atoms with van der Waals surface area (Å²) in [4.78, 5) is 0. The van der Waals surface area contributed by atoms with E-state index in [1.54, 1.807) is 0 Å². The normalized spacial score (nSPS) is 3.00. The maximum atomic E-state index is 2.12. The van der Waals surface area contributed by atoms with Gasteiger partial charge in [0.15, 0.2) is 0 Å². The van der Waals surface area contributed by atoms with E-state index in [0.29, 0.717) is 0 Å². The van der Waals surface area contributed by atoms with Crippen molar-refractivity contribution in [1.29, 1.82) is 0 Å². The first-order valence-electron chi connectivity index (χ1n) is 8.97. The minimum absolute atomic E-state index is 0. The van der Waals surface area contributed by atoms with Gasteiger partial charge in [-0.3, -0.25) is 0 Å². The Kier molecular flexibility index (Phi) is 2740. The fourth-order valence-corrected chi connectivity index (χ4v) is 0. The molecule has 186 valence electrons. The predicted octanol–water partition coefficient (Wildman–Crippen LogP) is 13.3. The maximum absolute atomic E-state index is 2.12. The zero-order valence-electron chi connectivity index (χ0n) is 18.9. The van der Waals surface area contributed by atoms with Crippen LogP contribution in [-0.4, -0.2) is 0 Å². The molecule has 0 aromatic heterocycles. The van der Waals surface area contributed by atoms with Gasteiger partial charge < -0.3 is 0 Å². The molecule has 0 rings (SSSR count). The molecule has 0 aliphatic rings. The molecule has 0 radical (unpaired) electrons. The van der Waals surface area contributed by atoms with Crippen LogP contribution in [0.3, 0.4) is 0 Å². The third kappa shape index (κ3) is 1290. The Morgan fingerprint density at radius 2 is 0.346 bits per heavy atom. The van der Waals surface area contributed by atoms with Gasteiger partial charge in [0.25, 0.3) is 0 Å². The SMILES string of the molecule is C.C.C.C.CC.CC.CC.CC.CC.CC.CCC.CCC.II.[Ar].[Ar]. The molecule has 26 heavy (non-hydrogen) atoms. The van der Waals surface area contributed by atoms with Crippen LogP contribution in [0.1, 0.15) is 153 Å². The molecule has 4 heteroatoms. The molecule has 0 unspecified atom stereocenters. The summed E-state index contributed by atoms with van der Waals surface area (Å²) in [6, 6.07) is 0. The molecule has 0 heterocycles. The van der Waals surface area contributed by atoms with Crippen molar-refractivity contribution in [3.05, 3.63) is 0 Å². The van der Waals surface area contributed by atoms with Crippen molar-refractivity contribution in [3.63, 3.8) is 0 Å². The van der Waals surface area contributed by atoms with E-state index in [1.807, 2.05) is 83.1 Å². The van der Waals surface area contributed by atoms with Gasteiger partial charge in [0.2, 0.25) is 0 Å². The van der Waals surface area contributed by atoms with Crippen molar-refractivity contribution in [1.82, 2.24) is 0 Å². The third-order valence-electron chi connectivity index (χ3n) is 0. The Morgan fingerprint density at radius 1 is 0.346 bits per heavy atom. The number of hydrogen-bond acceptors (Lipinski definition) is 0. The predicted molar refractivity (Wildman–Crippen MR) is 155 cm³/mol. The fraction of sp³-hybridized carbons (Fsp3) is 1.00. The average Bonchev–Trinajstić information content (AvgIpc) is 2.61. The van der Waals surface area contributed by atoms with E-state index in [9.17, 15) is 0 Å². The summed E-state index contributed by atoms with van der Waals surface area (Å²) in [6.07, 6.45) is 2.50. The topological polar surface area (TPSA) is 0 Å². The molecule has 0 atom stereocenters. The van der Waals surface area contributed by atoms with Crippen molar-refractivity contribution in [2.45, 2.75) is 153 Å². The monoisotopic (exact) mass is 666 g/mol. The van der Waals surface area contributed by atoms with E-state index < -0.39 is 0 Å². The van der Waals surface area contributed by atoms with Gasteiger partial charge >= 0.3 is 0 Å². The van der Waals surface area contributed by atoms with Gasteiger partial charge in [-0.15, -0.1) is 0 Å². The van der Waals surface area contributed by atoms with E-state index in [0.717, 1.165) is 0 Å². The standard InChI is InChI=1S/2C3H8.6C2H6.4CH4.2Ar.I2/c2*1-3-2;6*1-2;;;;;;;1-2/h2*3H2,1-2H3;6*1-2H3;4*1H4;;;. The van der Waals surface area contributed by atoms with Crippen molar-refractivity contribution in [3.8, 4) is 0 Å². The molecule has 0 N–H and O–H groups in total. The minimum atomic E-state index is 0. The van der Waals surface area contributed by atoms with Crippen LogP contribution in [0, 0.1) is 75.5 Å². The molecule has 0 aromatic carbocycles. The fourth-order valence-electron chi connectivity index (χ4n) is 0. The Morgan fingerprint density at radius 3 is 0.346 bits per heavy atom. The zero-order chi connectivity index (χ0) is 19.4. The van der Waals surface area contributed by atoms with Crippen LogP contribution in [0.4, 0.5) is 0 Å². The summed E-state index contributed by atoms with van der Waals surface area (Å²) in [6.45, 7) is 32.5. The number of halogens is 2. The van der Waals surface area contributed by atoms with E-state index in [-0.39, 0.29) is 105 Å². The van der Waals surface area contributed by atoms with Crippen LogP contribution >= 0.6 is 37.2 Å². The molecule has 0 bridgehead atoms. The molecular weight excluding hydrogens is 598 g/mol. The van der Waals surface area contributed by atoms with Crippen LogP contribution in [0.2, 0.25) is 0 Å². The molecule has 0 aliphatic heterocycles. The zero-order valence-corrected chi connectivity index (χ0v) is 24.6. The Bertz CT molecular complexity index is 22.1. The molecule has 0 nitrogen and oxygen atoms in total. The molecule has 0 amide bonds. The Labute approximate surface area is 261 Å². The molecule has 0 aliphatic carbocycles. The molecule has 0 spiro atoms. The number of rotatable bonds is 0. The first-order valence-corrected chi connectivity index (χ1v) is 15.3. The second-order valence-corrected chi connectivity index (χ2v) is 1.41. The second kappa shape index (κ2) is 635. The van der Waals surface area contributed by atoms with E-state index >= 15 is 0 Å². The Hall–Kier alpha value is 3.98. The van der Waals surface area contributed by atoms with Gasteiger partial charge in [0.05, 0.1) is 0 Å². The maximum Gasteiger partial charge on any atom is 0 e. The van der Waals surface area contributed by atoms with Crippen molar-refractivity contribution in [2.24, 2.45) is 0 Å². The Balaban J connectivity index is -0.00000000394. The van der Waals surface area contributed by atoms with Crippen LogP contribution in [0.15, 0.2) is 0 Å². The van der Waals surface area contributed by atoms with Crippen LogP contribution in [0.25, 0.3) is 0 Å². The van der Waals surface area contributed by atoms with E-state index in [1.165, 1.54) is 12.8 Å². The molecular formula is C22H68Ar2I2. The van der Waals surface area contributed by atoms with Crippen molar-refractivity contribution >= 4 is 37.2 Å². The molecule has 0 saturated carbocycles. The summed E-state index contributed by atoms with van der Waals surface area (Å²) in [5.74, 6) is 0. The molecule has 0 fully saturated rings. The summed E-state index contributed by atoms with van der Waals surface area (Å²) in [7, 11) is 0. The molecule has 0 saturated heterocycles. The summed E-state index contributed by atoms with van der Waals surface area (Å²) in [5, 5.41) is 0. The van der Waals surface area contributed by atoms with Gasteiger partial charge in [-0.1, -0.05) is 153 Å². The summed E-state index contributed by atoms with van der Waals surface area (Å²) >= 11 is 4.24. The van der Waals surface area contributed by atoms with E-state index in [2.05, 4.69) is 64.9 Å². The quantitative estimate of drug-likeness (QED) is 0.226. The molecule has 0 aromatic rings. The van der Waals surface area contributed by atoms with Gasteiger partial charge in [-0.2, -0.15) is 0 Å². The van der Waals surface area contributed by atoms with Gasteiger partial charge in [-0.05, 0) is 0 Å². The first-order chi connectivity index (χ1) is 9.83. The second-order valence-electron chi connectivity index (χ2n) is 1.41. The smallest absolute Gasteiger partial charge is 0 e. The van der Waals surface area contributed by atoms with Gasteiger partial charge in [-0.25, -0.2) is 0 Å². The number of hydrogen-bond donors (Lipinski definition) is 0. The van der Waals surface area contributed by atoms with E-state index in [4.69, 9.17) is 0 Å². The van der Waals surface area contributed by atoms with Gasteiger partial charge in [0, 0.05) is 113 Å². The van der Waals surface area contributed by atoms with Crippen LogP contribution in [-0.2, 0) is 0 Å². The van der Waals surface area contributed by atoms with Crippen molar-refractivity contribution < 1.29 is 75.5 Å². The average molecular weight is 666 g/mol. The summed E-state index contributed by atoms with van der Waals surface area (Å²) < 4.78 is 0. The largest absolute Gasteiger partial charge is 0.0776 e.